The van der Waals surface area contributed by atoms with Gasteiger partial charge in [0.1, 0.15) is 11.5 Å². The molecule has 2 heterocycles. The minimum Gasteiger partial charge on any atom is -0.457 e. The lowest BCUT2D eigenvalue weighted by molar-refractivity contribution is -0.00581. The molecule has 5 nitrogen and oxygen atoms in total. The molecule has 2 aliphatic rings. The maximum absolute atomic E-state index is 5.92. The number of hydrogen-bond donors (Lipinski definition) is 2. The molecule has 5 heteroatoms. The van der Waals surface area contributed by atoms with Crippen LogP contribution in [0.15, 0.2) is 48.5 Å². The van der Waals surface area contributed by atoms with E-state index >= 15 is 0 Å². The van der Waals surface area contributed by atoms with Crippen LogP contribution >= 0.6 is 0 Å². The van der Waals surface area contributed by atoms with Gasteiger partial charge in [-0.2, -0.15) is 0 Å². The van der Waals surface area contributed by atoms with Crippen LogP contribution in [-0.2, 0) is 22.6 Å². The Morgan fingerprint density at radius 3 is 1.40 bits per heavy atom. The lowest BCUT2D eigenvalue weighted by atomic mass is 10.2. The van der Waals surface area contributed by atoms with E-state index in [4.69, 9.17) is 14.2 Å². The lowest BCUT2D eigenvalue weighted by Crippen LogP contribution is -2.45. The van der Waals surface area contributed by atoms with E-state index in [1.54, 1.807) is 0 Å². The summed E-state index contributed by atoms with van der Waals surface area (Å²) in [5.74, 6) is 1.71. The van der Waals surface area contributed by atoms with Crippen molar-refractivity contribution in [2.45, 2.75) is 25.2 Å². The molecule has 25 heavy (non-hydrogen) atoms. The van der Waals surface area contributed by atoms with E-state index in [9.17, 15) is 0 Å². The van der Waals surface area contributed by atoms with Crippen LogP contribution in [-0.4, -0.2) is 38.5 Å². The minimum absolute atomic E-state index is 0.501. The Balaban J connectivity index is 1.25. The molecular formula is C20H24N2O3. The van der Waals surface area contributed by atoms with E-state index in [2.05, 4.69) is 34.9 Å². The summed E-state index contributed by atoms with van der Waals surface area (Å²) in [6.07, 6.45) is 0. The van der Waals surface area contributed by atoms with Crippen molar-refractivity contribution < 1.29 is 14.2 Å². The molecule has 2 aliphatic heterocycles. The van der Waals surface area contributed by atoms with Gasteiger partial charge >= 0.3 is 0 Å². The van der Waals surface area contributed by atoms with Crippen molar-refractivity contribution in [2.24, 2.45) is 0 Å². The number of rotatable bonds is 8. The minimum atomic E-state index is 0.501. The second-order valence-corrected chi connectivity index (χ2v) is 6.62. The normalized spacial score (nSPS) is 17.8. The molecule has 0 radical (unpaired) electrons. The fourth-order valence-corrected chi connectivity index (χ4v) is 2.72. The fraction of sp³-hybridized carbons (Fsp3) is 0.400. The lowest BCUT2D eigenvalue weighted by Gasteiger charge is -2.27. The van der Waals surface area contributed by atoms with Crippen LogP contribution in [0, 0.1) is 0 Å². The summed E-state index contributed by atoms with van der Waals surface area (Å²) in [6.45, 7) is 5.01. The molecule has 2 fully saturated rings. The zero-order valence-electron chi connectivity index (χ0n) is 14.2. The van der Waals surface area contributed by atoms with Crippen LogP contribution in [0.4, 0.5) is 0 Å². The molecule has 2 N–H and O–H groups in total. The van der Waals surface area contributed by atoms with Crippen molar-refractivity contribution in [3.05, 3.63) is 59.7 Å². The Kier molecular flexibility index (Phi) is 5.28. The molecule has 0 spiro atoms. The molecule has 2 aromatic rings. The number of nitrogens with one attached hydrogen (secondary N) is 2. The molecule has 0 saturated carbocycles. The third-order valence-corrected chi connectivity index (χ3v) is 4.55. The summed E-state index contributed by atoms with van der Waals surface area (Å²) < 4.78 is 16.2. The number of ether oxygens (including phenoxy) is 3. The van der Waals surface area contributed by atoms with E-state index < -0.39 is 0 Å². The highest BCUT2D eigenvalue weighted by atomic mass is 16.5. The van der Waals surface area contributed by atoms with Gasteiger partial charge in [-0.05, 0) is 35.4 Å². The molecule has 2 aromatic carbocycles. The topological polar surface area (TPSA) is 51.8 Å². The Bertz CT molecular complexity index is 605. The van der Waals surface area contributed by atoms with Gasteiger partial charge in [-0.15, -0.1) is 0 Å². The third-order valence-electron chi connectivity index (χ3n) is 4.55. The zero-order valence-corrected chi connectivity index (χ0v) is 14.2. The van der Waals surface area contributed by atoms with Gasteiger partial charge < -0.3 is 24.8 Å². The molecule has 0 bridgehead atoms. The quantitative estimate of drug-likeness (QED) is 0.773. The monoisotopic (exact) mass is 340 g/mol. The van der Waals surface area contributed by atoms with E-state index in [0.29, 0.717) is 12.1 Å². The van der Waals surface area contributed by atoms with Crippen LogP contribution in [0.3, 0.4) is 0 Å². The predicted molar refractivity (Wildman–Crippen MR) is 95.9 cm³/mol. The average Bonchev–Trinajstić information content (AvgIpc) is 2.55. The second-order valence-electron chi connectivity index (χ2n) is 6.62. The summed E-state index contributed by atoms with van der Waals surface area (Å²) in [6, 6.07) is 17.5. The number of hydrogen-bond acceptors (Lipinski definition) is 5. The van der Waals surface area contributed by atoms with Gasteiger partial charge in [-0.25, -0.2) is 0 Å². The summed E-state index contributed by atoms with van der Waals surface area (Å²) in [5.41, 5.74) is 2.50. The van der Waals surface area contributed by atoms with Gasteiger partial charge in [-0.1, -0.05) is 24.3 Å². The first-order chi connectivity index (χ1) is 12.3. The van der Waals surface area contributed by atoms with Crippen LogP contribution in [0.1, 0.15) is 11.1 Å². The van der Waals surface area contributed by atoms with Gasteiger partial charge in [0.05, 0.1) is 38.5 Å². The predicted octanol–water partition coefficient (Wildman–Crippen LogP) is 2.46. The molecule has 0 amide bonds. The SMILES string of the molecule is c1cc(Oc2ccc(CNC3COC3)cc2)ccc1CNC1COC1. The van der Waals surface area contributed by atoms with Crippen molar-refractivity contribution in [1.29, 1.82) is 0 Å². The molecule has 2 saturated heterocycles. The van der Waals surface area contributed by atoms with E-state index in [1.165, 1.54) is 11.1 Å². The number of benzene rings is 2. The van der Waals surface area contributed by atoms with Crippen molar-refractivity contribution in [3.8, 4) is 11.5 Å². The van der Waals surface area contributed by atoms with Crippen molar-refractivity contribution in [1.82, 2.24) is 10.6 Å². The van der Waals surface area contributed by atoms with Crippen molar-refractivity contribution >= 4 is 0 Å². The van der Waals surface area contributed by atoms with Gasteiger partial charge in [0.2, 0.25) is 0 Å². The van der Waals surface area contributed by atoms with Gasteiger partial charge in [-0.3, -0.25) is 0 Å². The Morgan fingerprint density at radius 1 is 0.680 bits per heavy atom. The average molecular weight is 340 g/mol. The van der Waals surface area contributed by atoms with Crippen molar-refractivity contribution in [2.75, 3.05) is 26.4 Å². The van der Waals surface area contributed by atoms with E-state index in [0.717, 1.165) is 51.0 Å². The maximum Gasteiger partial charge on any atom is 0.127 e. The second kappa shape index (κ2) is 7.97. The molecule has 132 valence electrons. The highest BCUT2D eigenvalue weighted by molar-refractivity contribution is 5.34. The summed E-state index contributed by atoms with van der Waals surface area (Å²) >= 11 is 0. The van der Waals surface area contributed by atoms with E-state index in [-0.39, 0.29) is 0 Å². The van der Waals surface area contributed by atoms with Gasteiger partial charge in [0, 0.05) is 13.1 Å². The summed E-state index contributed by atoms with van der Waals surface area (Å²) in [7, 11) is 0. The molecule has 0 aromatic heterocycles. The van der Waals surface area contributed by atoms with E-state index in [1.807, 2.05) is 24.3 Å². The molecular weight excluding hydrogens is 316 g/mol. The third kappa shape index (κ3) is 4.58. The highest BCUT2D eigenvalue weighted by Crippen LogP contribution is 2.22. The first-order valence-electron chi connectivity index (χ1n) is 8.83. The molecule has 0 aliphatic carbocycles. The fourth-order valence-electron chi connectivity index (χ4n) is 2.72. The first kappa shape index (κ1) is 16.5. The molecule has 0 atom stereocenters. The molecule has 0 unspecified atom stereocenters. The smallest absolute Gasteiger partial charge is 0.127 e. The maximum atomic E-state index is 5.92. The Hall–Kier alpha value is -1.92. The van der Waals surface area contributed by atoms with Crippen LogP contribution < -0.4 is 15.4 Å². The van der Waals surface area contributed by atoms with Gasteiger partial charge in [0.25, 0.3) is 0 Å². The molecule has 4 rings (SSSR count). The standard InChI is InChI=1S/C20H24N2O3/c1-5-19(6-2-15(1)9-21-17-11-23-12-17)25-20-7-3-16(4-8-20)10-22-18-13-24-14-18/h1-8,17-18,21-22H,9-14H2. The Labute approximate surface area is 148 Å². The zero-order chi connectivity index (χ0) is 16.9. The van der Waals surface area contributed by atoms with Crippen LogP contribution in [0.5, 0.6) is 11.5 Å². The van der Waals surface area contributed by atoms with Gasteiger partial charge in [0.15, 0.2) is 0 Å². The van der Waals surface area contributed by atoms with Crippen molar-refractivity contribution in [3.63, 3.8) is 0 Å². The summed E-state index contributed by atoms with van der Waals surface area (Å²) in [4.78, 5) is 0. The largest absolute Gasteiger partial charge is 0.457 e. The van der Waals surface area contributed by atoms with Crippen LogP contribution in [0.25, 0.3) is 0 Å². The summed E-state index contributed by atoms with van der Waals surface area (Å²) in [5, 5.41) is 6.92. The Morgan fingerprint density at radius 2 is 1.08 bits per heavy atom. The van der Waals surface area contributed by atoms with Crippen LogP contribution in [0.2, 0.25) is 0 Å². The first-order valence-corrected chi connectivity index (χ1v) is 8.83. The highest BCUT2D eigenvalue weighted by Gasteiger charge is 2.17.